The van der Waals surface area contributed by atoms with Crippen molar-refractivity contribution in [3.05, 3.63) is 88.3 Å². The number of carbonyl (C=O) groups is 1. The molecule has 0 bridgehead atoms. The number of halogens is 5. The van der Waals surface area contributed by atoms with E-state index in [1.54, 1.807) is 36.5 Å². The Morgan fingerprint density at radius 3 is 2.27 bits per heavy atom. The fraction of sp³-hybridized carbons (Fsp3) is 0.182. The van der Waals surface area contributed by atoms with Crippen molar-refractivity contribution in [2.75, 3.05) is 17.2 Å². The molecule has 0 saturated carbocycles. The Balaban J connectivity index is 1.62. The van der Waals surface area contributed by atoms with E-state index in [2.05, 4.69) is 20.4 Å². The van der Waals surface area contributed by atoms with E-state index in [1.807, 2.05) is 0 Å². The molecule has 3 rings (SSSR count). The number of carbonyl (C=O) groups excluding carboxylic acids is 1. The smallest absolute Gasteiger partial charge is 0.456 e. The molecule has 0 atom stereocenters. The number of pyridine rings is 1. The summed E-state index contributed by atoms with van der Waals surface area (Å²) in [4.78, 5) is 26.4. The summed E-state index contributed by atoms with van der Waals surface area (Å²) in [5.41, 5.74) is 1.67. The molecule has 3 aromatic rings. The van der Waals surface area contributed by atoms with E-state index in [0.29, 0.717) is 17.8 Å². The Labute approximate surface area is 184 Å². The molecule has 6 nitrogen and oxygen atoms in total. The van der Waals surface area contributed by atoms with Gasteiger partial charge in [0.15, 0.2) is 6.61 Å². The molecular formula is C22H18F5N3O3. The van der Waals surface area contributed by atoms with Gasteiger partial charge in [0.25, 0.3) is 5.91 Å². The molecule has 174 valence electrons. The summed E-state index contributed by atoms with van der Waals surface area (Å²) in [5, 5.41) is 5.72. The van der Waals surface area contributed by atoms with Gasteiger partial charge in [-0.1, -0.05) is 18.2 Å². The minimum absolute atomic E-state index is 0.208. The molecule has 1 amide bonds. The van der Waals surface area contributed by atoms with Crippen molar-refractivity contribution in [1.82, 2.24) is 4.98 Å². The molecule has 0 fully saturated rings. The number of nitrogens with one attached hydrogen (secondary N) is 3. The van der Waals surface area contributed by atoms with Crippen LogP contribution in [0.2, 0.25) is 0 Å². The Hall–Kier alpha value is -3.89. The molecule has 11 heteroatoms. The van der Waals surface area contributed by atoms with E-state index in [-0.39, 0.29) is 17.0 Å². The van der Waals surface area contributed by atoms with Gasteiger partial charge in [-0.25, -0.2) is 0 Å². The van der Waals surface area contributed by atoms with Crippen LogP contribution in [0.4, 0.5) is 33.3 Å². The van der Waals surface area contributed by atoms with Crippen LogP contribution >= 0.6 is 0 Å². The number of hydrogen-bond donors (Lipinski definition) is 3. The van der Waals surface area contributed by atoms with Crippen molar-refractivity contribution in [3.8, 4) is 5.75 Å². The minimum atomic E-state index is -5.71. The fourth-order valence-corrected chi connectivity index (χ4v) is 2.67. The van der Waals surface area contributed by atoms with E-state index in [1.165, 1.54) is 30.3 Å². The second kappa shape index (κ2) is 9.72. The third-order valence-corrected chi connectivity index (χ3v) is 4.45. The molecule has 1 heterocycles. The summed E-state index contributed by atoms with van der Waals surface area (Å²) in [6.45, 7) is -1.51. The lowest BCUT2D eigenvalue weighted by Crippen LogP contribution is -2.41. The summed E-state index contributed by atoms with van der Waals surface area (Å²) in [7, 11) is 0. The van der Waals surface area contributed by atoms with Crippen LogP contribution in [0, 0.1) is 0 Å². The second-order valence-corrected chi connectivity index (χ2v) is 6.93. The van der Waals surface area contributed by atoms with Crippen LogP contribution < -0.4 is 20.9 Å². The lowest BCUT2D eigenvalue weighted by Gasteiger charge is -2.19. The lowest BCUT2D eigenvalue weighted by molar-refractivity contribution is -0.290. The number of amides is 1. The first-order valence-corrected chi connectivity index (χ1v) is 9.54. The van der Waals surface area contributed by atoms with Gasteiger partial charge in [-0.15, -0.1) is 0 Å². The largest absolute Gasteiger partial charge is 0.487 e. The number of aromatic amines is 1. The number of para-hydroxylation sites is 1. The van der Waals surface area contributed by atoms with Crippen molar-refractivity contribution in [2.45, 2.75) is 18.6 Å². The number of anilines is 2. The Bertz CT molecular complexity index is 1140. The van der Waals surface area contributed by atoms with Crippen LogP contribution in [0.5, 0.6) is 5.75 Å². The quantitative estimate of drug-likeness (QED) is 0.415. The number of aromatic nitrogens is 1. The number of rotatable bonds is 8. The van der Waals surface area contributed by atoms with Crippen LogP contribution in [0.15, 0.2) is 71.7 Å². The molecule has 33 heavy (non-hydrogen) atoms. The van der Waals surface area contributed by atoms with Gasteiger partial charge in [0, 0.05) is 30.2 Å². The highest BCUT2D eigenvalue weighted by molar-refractivity contribution is 6.08. The molecule has 3 N–H and O–H groups in total. The van der Waals surface area contributed by atoms with E-state index in [9.17, 15) is 31.5 Å². The van der Waals surface area contributed by atoms with Crippen molar-refractivity contribution in [3.63, 3.8) is 0 Å². The first kappa shape index (κ1) is 23.8. The molecule has 0 unspecified atom stereocenters. The minimum Gasteiger partial charge on any atom is -0.487 e. The second-order valence-electron chi connectivity index (χ2n) is 6.93. The van der Waals surface area contributed by atoms with Crippen LogP contribution in [0.1, 0.15) is 15.9 Å². The monoisotopic (exact) mass is 467 g/mol. The van der Waals surface area contributed by atoms with Gasteiger partial charge in [0.2, 0.25) is 5.56 Å². The third kappa shape index (κ3) is 6.31. The van der Waals surface area contributed by atoms with Gasteiger partial charge in [-0.05, 0) is 42.0 Å². The zero-order valence-electron chi connectivity index (χ0n) is 16.9. The van der Waals surface area contributed by atoms with Crippen LogP contribution in [0.25, 0.3) is 0 Å². The molecule has 0 radical (unpaired) electrons. The van der Waals surface area contributed by atoms with Gasteiger partial charge >= 0.3 is 12.1 Å². The van der Waals surface area contributed by atoms with E-state index in [4.69, 9.17) is 0 Å². The first-order valence-electron chi connectivity index (χ1n) is 9.54. The average molecular weight is 467 g/mol. The zero-order valence-corrected chi connectivity index (χ0v) is 16.9. The van der Waals surface area contributed by atoms with Crippen LogP contribution in [-0.2, 0) is 6.54 Å². The highest BCUT2D eigenvalue weighted by Crippen LogP contribution is 2.35. The highest BCUT2D eigenvalue weighted by atomic mass is 19.4. The van der Waals surface area contributed by atoms with Gasteiger partial charge in [0.05, 0.1) is 5.56 Å². The molecule has 1 aromatic heterocycles. The van der Waals surface area contributed by atoms with Crippen molar-refractivity contribution >= 4 is 17.3 Å². The fourth-order valence-electron chi connectivity index (χ4n) is 2.67. The Kier molecular flexibility index (Phi) is 7.00. The summed E-state index contributed by atoms with van der Waals surface area (Å²) in [6.07, 6.45) is -4.16. The molecule has 0 aliphatic heterocycles. The normalized spacial score (nSPS) is 11.7. The third-order valence-electron chi connectivity index (χ3n) is 4.45. The van der Waals surface area contributed by atoms with Crippen molar-refractivity contribution < 1.29 is 31.5 Å². The van der Waals surface area contributed by atoms with Gasteiger partial charge in [-0.2, -0.15) is 22.0 Å². The van der Waals surface area contributed by atoms with E-state index >= 15 is 0 Å². The number of hydrogen-bond acceptors (Lipinski definition) is 4. The topological polar surface area (TPSA) is 83.2 Å². The maximum Gasteiger partial charge on any atom is 0.456 e. The zero-order chi connectivity index (χ0) is 24.1. The SMILES string of the molecule is O=C(Nc1ccc(OCC(F)(F)C(F)(F)F)cc1)c1ccccc1NCc1ccc(=O)[nH]c1. The maximum absolute atomic E-state index is 13.0. The van der Waals surface area contributed by atoms with Gasteiger partial charge in [-0.3, -0.25) is 9.59 Å². The maximum atomic E-state index is 13.0. The van der Waals surface area contributed by atoms with E-state index < -0.39 is 24.6 Å². The van der Waals surface area contributed by atoms with Crippen molar-refractivity contribution in [1.29, 1.82) is 0 Å². The standard InChI is InChI=1S/C22H18F5N3O3/c23-21(24,22(25,26)27)13-33-16-8-6-15(7-9-16)30-20(32)17-3-1-2-4-18(17)28-11-14-5-10-19(31)29-12-14/h1-10,12,28H,11,13H2,(H,29,31)(H,30,32). The summed E-state index contributed by atoms with van der Waals surface area (Å²) >= 11 is 0. The van der Waals surface area contributed by atoms with Crippen molar-refractivity contribution in [2.24, 2.45) is 0 Å². The van der Waals surface area contributed by atoms with E-state index in [0.717, 1.165) is 5.56 Å². The number of benzene rings is 2. The summed E-state index contributed by atoms with van der Waals surface area (Å²) < 4.78 is 67.1. The molecule has 0 saturated heterocycles. The van der Waals surface area contributed by atoms with Gasteiger partial charge < -0.3 is 20.4 Å². The number of H-pyrrole nitrogens is 1. The lowest BCUT2D eigenvalue weighted by atomic mass is 10.1. The summed E-state index contributed by atoms with van der Waals surface area (Å²) in [6, 6.07) is 14.7. The predicted molar refractivity (Wildman–Crippen MR) is 112 cm³/mol. The Morgan fingerprint density at radius 2 is 1.64 bits per heavy atom. The van der Waals surface area contributed by atoms with Crippen LogP contribution in [0.3, 0.4) is 0 Å². The number of ether oxygens (including phenoxy) is 1. The molecule has 0 aliphatic rings. The molecule has 2 aromatic carbocycles. The summed E-state index contributed by atoms with van der Waals surface area (Å²) in [5.74, 6) is -5.66. The highest BCUT2D eigenvalue weighted by Gasteiger charge is 2.58. The molecule has 0 spiro atoms. The average Bonchev–Trinajstić information content (AvgIpc) is 2.78. The molecular weight excluding hydrogens is 449 g/mol. The molecule has 0 aliphatic carbocycles. The van der Waals surface area contributed by atoms with Gasteiger partial charge in [0.1, 0.15) is 5.75 Å². The predicted octanol–water partition coefficient (Wildman–Crippen LogP) is 4.82. The first-order chi connectivity index (χ1) is 15.5. The Morgan fingerprint density at radius 1 is 0.939 bits per heavy atom. The number of alkyl halides is 5. The van der Waals surface area contributed by atoms with Crippen LogP contribution in [-0.4, -0.2) is 29.6 Å².